The summed E-state index contributed by atoms with van der Waals surface area (Å²) in [5, 5.41) is 43.2. The maximum absolute atomic E-state index is 8.84. The Kier molecular flexibility index (Phi) is 6.57. The molecule has 0 aliphatic carbocycles. The molecule has 0 saturated carbocycles. The zero-order valence-corrected chi connectivity index (χ0v) is 9.28. The second-order valence-corrected chi connectivity index (χ2v) is 2.70. The molecule has 0 atom stereocenters. The second-order valence-electron chi connectivity index (χ2n) is 2.70. The van der Waals surface area contributed by atoms with E-state index in [0.717, 1.165) is 0 Å². The van der Waals surface area contributed by atoms with E-state index < -0.39 is 7.32 Å². The first-order valence-electron chi connectivity index (χ1n) is 4.20. The van der Waals surface area contributed by atoms with Crippen LogP contribution in [0.3, 0.4) is 0 Å². The Labute approximate surface area is 116 Å². The Balaban J connectivity index is 0. The third kappa shape index (κ3) is 3.52. The predicted octanol–water partition coefficient (Wildman–Crippen LogP) is -3.30. The molecule has 0 heterocycles. The van der Waals surface area contributed by atoms with Crippen LogP contribution in [-0.4, -0.2) is 17.4 Å². The van der Waals surface area contributed by atoms with E-state index in [-0.39, 0.29) is 42.7 Å². The van der Waals surface area contributed by atoms with Crippen LogP contribution in [0, 0.1) is 34.0 Å². The van der Waals surface area contributed by atoms with Gasteiger partial charge in [0.05, 0.1) is 11.1 Å². The Morgan fingerprint density at radius 2 is 1.67 bits per heavy atom. The quantitative estimate of drug-likeness (QED) is 0.319. The molecule has 0 aromatic heterocycles. The average Bonchev–Trinajstić information content (AvgIpc) is 2.34. The minimum atomic E-state index is -2.18. The van der Waals surface area contributed by atoms with E-state index in [2.05, 4.69) is 9.69 Å². The molecule has 1 aromatic carbocycles. The van der Waals surface area contributed by atoms with Crippen molar-refractivity contribution >= 4 is 7.32 Å². The summed E-state index contributed by atoms with van der Waals surface area (Å²) in [6, 6.07) is 7.57. The summed E-state index contributed by atoms with van der Waals surface area (Å²) in [4.78, 5) is 8.46. The molecule has 18 heavy (non-hydrogen) atoms. The minimum absolute atomic E-state index is 0. The molecule has 0 bridgehead atoms. The Morgan fingerprint density at radius 3 is 2.11 bits per heavy atom. The van der Waals surface area contributed by atoms with E-state index in [9.17, 15) is 0 Å². The van der Waals surface area contributed by atoms with Gasteiger partial charge in [0.1, 0.15) is 23.8 Å². The third-order valence-corrected chi connectivity index (χ3v) is 1.74. The molecule has 1 aromatic rings. The number of hydrogen-bond donors (Lipinski definition) is 2. The monoisotopic (exact) mass is 237 g/mol. The first kappa shape index (κ1) is 16.0. The molecule has 0 unspecified atom stereocenters. The molecule has 9 heteroatoms. The number of rotatable bonds is 3. The summed E-state index contributed by atoms with van der Waals surface area (Å²) >= 11 is 0. The minimum Gasteiger partial charge on any atom is -1.00 e. The van der Waals surface area contributed by atoms with Crippen molar-refractivity contribution in [2.24, 2.45) is 0 Å². The summed E-state index contributed by atoms with van der Waals surface area (Å²) in [6.45, 7) is 0. The van der Waals surface area contributed by atoms with Gasteiger partial charge in [-0.2, -0.15) is 20.6 Å². The topological polar surface area (TPSA) is 130 Å². The van der Waals surface area contributed by atoms with Gasteiger partial charge in [-0.15, -0.1) is 0 Å². The van der Waals surface area contributed by atoms with Crippen LogP contribution in [0.1, 0.15) is 18.1 Å². The molecule has 0 amide bonds. The van der Waals surface area contributed by atoms with Gasteiger partial charge in [-0.25, -0.2) is 0 Å². The van der Waals surface area contributed by atoms with Crippen LogP contribution >= 0.6 is 0 Å². The van der Waals surface area contributed by atoms with Crippen molar-refractivity contribution in [3.8, 4) is 24.0 Å². The van der Waals surface area contributed by atoms with Crippen molar-refractivity contribution in [3.63, 3.8) is 0 Å². The Morgan fingerprint density at radius 1 is 1.06 bits per heavy atom. The van der Waals surface area contributed by atoms with Gasteiger partial charge < -0.3 is 16.4 Å². The summed E-state index contributed by atoms with van der Waals surface area (Å²) in [5.74, 6) is -0.184. The van der Waals surface area contributed by atoms with Crippen LogP contribution in [0.2, 0.25) is 0 Å². The fourth-order valence-electron chi connectivity index (χ4n) is 1.07. The van der Waals surface area contributed by atoms with E-state index >= 15 is 0 Å². The molecule has 0 spiro atoms. The maximum Gasteiger partial charge on any atom is 1.00 e. The zero-order chi connectivity index (χ0) is 12.8. The molecule has 0 radical (unpaired) electrons. The molecule has 1 rings (SSSR count). The van der Waals surface area contributed by atoms with E-state index in [0.29, 0.717) is 0 Å². The van der Waals surface area contributed by atoms with E-state index in [1.807, 2.05) is 0 Å². The molecule has 0 aliphatic heterocycles. The standard InChI is InChI=1S/C9H4BN3O4.Li.H/c11-3-6-1-2-9(16-17-10(14)15)8(5-13)7(6)4-12;;/h1-2,14-15H;;/q;+1;-1. The van der Waals surface area contributed by atoms with Crippen molar-refractivity contribution in [1.29, 1.82) is 15.8 Å². The number of nitrogens with zero attached hydrogens (tertiary/aromatic N) is 3. The van der Waals surface area contributed by atoms with Gasteiger partial charge in [-0.3, -0.25) is 0 Å². The maximum atomic E-state index is 8.84. The van der Waals surface area contributed by atoms with Crippen molar-refractivity contribution in [2.75, 3.05) is 0 Å². The van der Waals surface area contributed by atoms with Gasteiger partial charge in [0, 0.05) is 0 Å². The number of hydrogen-bond acceptors (Lipinski definition) is 7. The van der Waals surface area contributed by atoms with E-state index in [1.54, 1.807) is 18.2 Å². The van der Waals surface area contributed by atoms with Crippen LogP contribution < -0.4 is 23.7 Å². The van der Waals surface area contributed by atoms with Gasteiger partial charge in [0.25, 0.3) is 0 Å². The van der Waals surface area contributed by atoms with Crippen LogP contribution in [0.4, 0.5) is 0 Å². The predicted molar refractivity (Wildman–Crippen MR) is 53.6 cm³/mol. The van der Waals surface area contributed by atoms with Crippen molar-refractivity contribution in [2.45, 2.75) is 0 Å². The molecular formula is C9H5BLiN3O4. The smallest absolute Gasteiger partial charge is 1.00 e. The molecule has 0 saturated heterocycles. The van der Waals surface area contributed by atoms with Gasteiger partial charge in [-0.1, -0.05) is 0 Å². The average molecular weight is 237 g/mol. The van der Waals surface area contributed by atoms with Crippen molar-refractivity contribution in [3.05, 3.63) is 28.8 Å². The van der Waals surface area contributed by atoms with Crippen molar-refractivity contribution < 1.29 is 40.0 Å². The zero-order valence-electron chi connectivity index (χ0n) is 10.3. The molecule has 84 valence electrons. The largest absolute Gasteiger partial charge is 1.00 e. The second kappa shape index (κ2) is 7.38. The molecule has 7 nitrogen and oxygen atoms in total. The van der Waals surface area contributed by atoms with Gasteiger partial charge in [0.15, 0.2) is 5.75 Å². The summed E-state index contributed by atoms with van der Waals surface area (Å²) < 4.78 is 0. The Hall–Kier alpha value is -1.97. The van der Waals surface area contributed by atoms with E-state index in [4.69, 9.17) is 25.8 Å². The van der Waals surface area contributed by atoms with Crippen LogP contribution in [-0.2, 0) is 4.81 Å². The molecule has 0 fully saturated rings. The SMILES string of the molecule is N#Cc1ccc(OOB(O)O)c(C#N)c1C#N.[H-].[Li+]. The Bertz CT molecular complexity index is 564. The fourth-order valence-corrected chi connectivity index (χ4v) is 1.07. The van der Waals surface area contributed by atoms with Crippen molar-refractivity contribution in [1.82, 2.24) is 0 Å². The number of nitriles is 3. The first-order chi connectivity index (χ1) is 8.13. The summed E-state index contributed by atoms with van der Waals surface area (Å²) in [7, 11) is -2.18. The van der Waals surface area contributed by atoms with Gasteiger partial charge >= 0.3 is 26.2 Å². The molecule has 0 aliphatic rings. The normalized spacial score (nSPS) is 8.17. The molecule has 2 N–H and O–H groups in total. The van der Waals surface area contributed by atoms with Crippen LogP contribution in [0.25, 0.3) is 0 Å². The van der Waals surface area contributed by atoms with Crippen LogP contribution in [0.15, 0.2) is 12.1 Å². The summed E-state index contributed by atoms with van der Waals surface area (Å²) in [5.41, 5.74) is -0.364. The van der Waals surface area contributed by atoms with Crippen LogP contribution in [0.5, 0.6) is 5.75 Å². The van der Waals surface area contributed by atoms with E-state index in [1.165, 1.54) is 12.1 Å². The summed E-state index contributed by atoms with van der Waals surface area (Å²) in [6.07, 6.45) is 0. The van der Waals surface area contributed by atoms with Gasteiger partial charge in [-0.05, 0) is 12.1 Å². The number of benzene rings is 1. The first-order valence-corrected chi connectivity index (χ1v) is 4.20. The fraction of sp³-hybridized carbons (Fsp3) is 0. The molecular weight excluding hydrogens is 232 g/mol. The van der Waals surface area contributed by atoms with Gasteiger partial charge in [0.2, 0.25) is 0 Å². The third-order valence-electron chi connectivity index (χ3n) is 1.74.